The molecular formula is C11H9BrN2O3S. The molecule has 0 radical (unpaired) electrons. The van der Waals surface area contributed by atoms with E-state index >= 15 is 0 Å². The van der Waals surface area contributed by atoms with Crippen LogP contribution in [0.3, 0.4) is 0 Å². The zero-order valence-corrected chi connectivity index (χ0v) is 11.7. The van der Waals surface area contributed by atoms with Crippen molar-refractivity contribution in [3.05, 3.63) is 39.4 Å². The van der Waals surface area contributed by atoms with Crippen molar-refractivity contribution in [2.45, 2.75) is 0 Å². The Balaban J connectivity index is 2.16. The largest absolute Gasteiger partial charge is 0.477 e. The molecule has 0 aliphatic carbocycles. The van der Waals surface area contributed by atoms with Crippen LogP contribution >= 0.6 is 27.3 Å². The zero-order valence-electron chi connectivity index (χ0n) is 9.31. The Morgan fingerprint density at radius 1 is 1.44 bits per heavy atom. The fraction of sp³-hybridized carbons (Fsp3) is 0.0909. The highest BCUT2D eigenvalue weighted by atomic mass is 79.9. The SMILES string of the molecule is Cn1cc(Br)cc1C(=O)Nc1ccc(C(=O)O)s1. The molecule has 0 fully saturated rings. The van der Waals surface area contributed by atoms with Gasteiger partial charge < -0.3 is 15.0 Å². The molecule has 2 N–H and O–H groups in total. The summed E-state index contributed by atoms with van der Waals surface area (Å²) in [6.45, 7) is 0. The number of hydrogen-bond donors (Lipinski definition) is 2. The Bertz CT molecular complexity index is 618. The summed E-state index contributed by atoms with van der Waals surface area (Å²) in [4.78, 5) is 22.8. The predicted octanol–water partition coefficient (Wildman–Crippen LogP) is 2.80. The number of aromatic carboxylic acids is 1. The Morgan fingerprint density at radius 2 is 2.17 bits per heavy atom. The molecule has 2 aromatic heterocycles. The number of thiophene rings is 1. The predicted molar refractivity (Wildman–Crippen MR) is 72.3 cm³/mol. The maximum Gasteiger partial charge on any atom is 0.345 e. The van der Waals surface area contributed by atoms with Crippen LogP contribution in [0, 0.1) is 0 Å². The summed E-state index contributed by atoms with van der Waals surface area (Å²) >= 11 is 4.31. The number of aryl methyl sites for hydroxylation is 1. The van der Waals surface area contributed by atoms with E-state index in [1.165, 1.54) is 6.07 Å². The zero-order chi connectivity index (χ0) is 13.3. The molecule has 1 amide bonds. The summed E-state index contributed by atoms with van der Waals surface area (Å²) in [5, 5.41) is 12.0. The third-order valence-corrected chi connectivity index (χ3v) is 3.68. The van der Waals surface area contributed by atoms with Gasteiger partial charge in [-0.3, -0.25) is 4.79 Å². The number of carbonyl (C=O) groups excluding carboxylic acids is 1. The first kappa shape index (κ1) is 12.8. The maximum atomic E-state index is 11.9. The van der Waals surface area contributed by atoms with Gasteiger partial charge in [0, 0.05) is 17.7 Å². The van der Waals surface area contributed by atoms with Crippen LogP contribution in [0.15, 0.2) is 28.9 Å². The van der Waals surface area contributed by atoms with Gasteiger partial charge in [0.15, 0.2) is 0 Å². The van der Waals surface area contributed by atoms with Gasteiger partial charge >= 0.3 is 5.97 Å². The first-order valence-electron chi connectivity index (χ1n) is 4.93. The standard InChI is InChI=1S/C11H9BrN2O3S/c1-14-5-6(12)4-7(14)10(15)13-9-3-2-8(18-9)11(16)17/h2-5H,1H3,(H,13,15)(H,16,17). The molecule has 18 heavy (non-hydrogen) atoms. The van der Waals surface area contributed by atoms with Crippen molar-refractivity contribution in [3.8, 4) is 0 Å². The number of amides is 1. The second kappa shape index (κ2) is 4.95. The molecule has 0 aromatic carbocycles. The molecule has 0 aliphatic heterocycles. The number of carboxylic acid groups (broad SMARTS) is 1. The van der Waals surface area contributed by atoms with Gasteiger partial charge in [-0.2, -0.15) is 0 Å². The lowest BCUT2D eigenvalue weighted by molar-refractivity contribution is 0.0702. The van der Waals surface area contributed by atoms with Gasteiger partial charge in [-0.05, 0) is 34.1 Å². The normalized spacial score (nSPS) is 10.3. The quantitative estimate of drug-likeness (QED) is 0.910. The van der Waals surface area contributed by atoms with Crippen LogP contribution in [-0.4, -0.2) is 21.6 Å². The van der Waals surface area contributed by atoms with Crippen molar-refractivity contribution in [3.63, 3.8) is 0 Å². The van der Waals surface area contributed by atoms with Gasteiger partial charge in [-0.15, -0.1) is 11.3 Å². The highest BCUT2D eigenvalue weighted by molar-refractivity contribution is 9.10. The first-order valence-corrected chi connectivity index (χ1v) is 6.54. The first-order chi connectivity index (χ1) is 8.47. The molecule has 0 aliphatic rings. The molecule has 5 nitrogen and oxygen atoms in total. The average molecular weight is 329 g/mol. The molecule has 2 aromatic rings. The number of carbonyl (C=O) groups is 2. The number of hydrogen-bond acceptors (Lipinski definition) is 3. The van der Waals surface area contributed by atoms with Gasteiger partial charge in [-0.25, -0.2) is 4.79 Å². The molecule has 2 heterocycles. The maximum absolute atomic E-state index is 11.9. The van der Waals surface area contributed by atoms with Gasteiger partial charge in [0.05, 0.1) is 5.00 Å². The van der Waals surface area contributed by atoms with E-state index in [-0.39, 0.29) is 10.8 Å². The fourth-order valence-electron chi connectivity index (χ4n) is 1.45. The summed E-state index contributed by atoms with van der Waals surface area (Å²) < 4.78 is 2.50. The number of nitrogens with one attached hydrogen (secondary N) is 1. The minimum absolute atomic E-state index is 0.193. The van der Waals surface area contributed by atoms with Crippen molar-refractivity contribution >= 4 is 44.1 Å². The van der Waals surface area contributed by atoms with E-state index in [0.29, 0.717) is 10.7 Å². The Kier molecular flexibility index (Phi) is 3.53. The van der Waals surface area contributed by atoms with Crippen LogP contribution < -0.4 is 5.32 Å². The Labute approximate surface area is 115 Å². The Hall–Kier alpha value is -1.60. The van der Waals surface area contributed by atoms with E-state index < -0.39 is 5.97 Å². The van der Waals surface area contributed by atoms with Crippen LogP contribution in [0.25, 0.3) is 0 Å². The second-order valence-corrected chi connectivity index (χ2v) is 5.58. The van der Waals surface area contributed by atoms with E-state index in [2.05, 4.69) is 21.2 Å². The van der Waals surface area contributed by atoms with Crippen LogP contribution in [0.5, 0.6) is 0 Å². The minimum atomic E-state index is -0.998. The minimum Gasteiger partial charge on any atom is -0.477 e. The number of halogens is 1. The highest BCUT2D eigenvalue weighted by Gasteiger charge is 2.13. The molecule has 7 heteroatoms. The Morgan fingerprint density at radius 3 is 2.67 bits per heavy atom. The van der Waals surface area contributed by atoms with E-state index in [0.717, 1.165) is 15.8 Å². The third kappa shape index (κ3) is 2.62. The van der Waals surface area contributed by atoms with Gasteiger partial charge in [-0.1, -0.05) is 0 Å². The molecule has 94 valence electrons. The second-order valence-electron chi connectivity index (χ2n) is 3.58. The average Bonchev–Trinajstić information content (AvgIpc) is 2.85. The van der Waals surface area contributed by atoms with E-state index in [1.807, 2.05) is 0 Å². The number of nitrogens with zero attached hydrogens (tertiary/aromatic N) is 1. The molecule has 0 atom stereocenters. The summed E-state index contributed by atoms with van der Waals surface area (Å²) in [6.07, 6.45) is 1.77. The van der Waals surface area contributed by atoms with Crippen molar-refractivity contribution in [2.24, 2.45) is 7.05 Å². The lowest BCUT2D eigenvalue weighted by atomic mass is 10.4. The van der Waals surface area contributed by atoms with Crippen LogP contribution in [-0.2, 0) is 7.05 Å². The molecule has 0 spiro atoms. The van der Waals surface area contributed by atoms with Crippen LogP contribution in [0.4, 0.5) is 5.00 Å². The number of carboxylic acids is 1. The fourth-order valence-corrected chi connectivity index (χ4v) is 2.71. The van der Waals surface area contributed by atoms with Gasteiger partial charge in [0.25, 0.3) is 5.91 Å². The van der Waals surface area contributed by atoms with Crippen LogP contribution in [0.1, 0.15) is 20.2 Å². The van der Waals surface area contributed by atoms with Crippen LogP contribution in [0.2, 0.25) is 0 Å². The number of aromatic nitrogens is 1. The van der Waals surface area contributed by atoms with Crippen molar-refractivity contribution < 1.29 is 14.7 Å². The lowest BCUT2D eigenvalue weighted by Gasteiger charge is -2.02. The molecule has 0 saturated heterocycles. The summed E-state index contributed by atoms with van der Waals surface area (Å²) in [5.41, 5.74) is 0.493. The molecule has 0 bridgehead atoms. The summed E-state index contributed by atoms with van der Waals surface area (Å²) in [7, 11) is 1.76. The third-order valence-electron chi connectivity index (χ3n) is 2.26. The number of rotatable bonds is 3. The number of anilines is 1. The van der Waals surface area contributed by atoms with E-state index in [4.69, 9.17) is 5.11 Å². The molecule has 0 unspecified atom stereocenters. The van der Waals surface area contributed by atoms with Gasteiger partial charge in [0.2, 0.25) is 0 Å². The van der Waals surface area contributed by atoms with Gasteiger partial charge in [0.1, 0.15) is 10.6 Å². The van der Waals surface area contributed by atoms with Crippen molar-refractivity contribution in [1.82, 2.24) is 4.57 Å². The van der Waals surface area contributed by atoms with Crippen molar-refractivity contribution in [1.29, 1.82) is 0 Å². The lowest BCUT2D eigenvalue weighted by Crippen LogP contribution is -2.14. The van der Waals surface area contributed by atoms with E-state index in [1.54, 1.807) is 29.9 Å². The molecular weight excluding hydrogens is 320 g/mol. The van der Waals surface area contributed by atoms with Crippen molar-refractivity contribution in [2.75, 3.05) is 5.32 Å². The molecule has 0 saturated carbocycles. The molecule has 2 rings (SSSR count). The topological polar surface area (TPSA) is 71.3 Å². The smallest absolute Gasteiger partial charge is 0.345 e. The summed E-state index contributed by atoms with van der Waals surface area (Å²) in [6, 6.07) is 4.73. The highest BCUT2D eigenvalue weighted by Crippen LogP contribution is 2.23. The van der Waals surface area contributed by atoms with E-state index in [9.17, 15) is 9.59 Å². The monoisotopic (exact) mass is 328 g/mol. The summed E-state index contributed by atoms with van der Waals surface area (Å²) in [5.74, 6) is -1.27.